The zero-order valence-corrected chi connectivity index (χ0v) is 11.2. The van der Waals surface area contributed by atoms with Crippen molar-refractivity contribution in [2.75, 3.05) is 0 Å². The molecule has 4 heteroatoms. The van der Waals surface area contributed by atoms with Gasteiger partial charge in [0.2, 0.25) is 0 Å². The highest BCUT2D eigenvalue weighted by Crippen LogP contribution is 2.33. The smallest absolute Gasteiger partial charge is 0.344 e. The molecule has 0 saturated heterocycles. The highest BCUT2D eigenvalue weighted by atomic mass is 35.5. The van der Waals surface area contributed by atoms with Crippen LogP contribution in [0.25, 0.3) is 22.1 Å². The Bertz CT molecular complexity index is 822. The molecule has 0 atom stereocenters. The third-order valence-corrected chi connectivity index (χ3v) is 3.71. The maximum Gasteiger partial charge on any atom is 0.344 e. The molecule has 0 saturated carbocycles. The van der Waals surface area contributed by atoms with Crippen molar-refractivity contribution in [3.05, 3.63) is 69.0 Å². The molecule has 1 aromatic heterocycles. The molecule has 3 aromatic rings. The summed E-state index contributed by atoms with van der Waals surface area (Å²) >= 11 is 12.1. The molecule has 2 aromatic carbocycles. The Labute approximate surface area is 119 Å². The highest BCUT2D eigenvalue weighted by Gasteiger charge is 2.11. The van der Waals surface area contributed by atoms with Gasteiger partial charge in [0.1, 0.15) is 5.76 Å². The molecule has 3 rings (SSSR count). The second kappa shape index (κ2) is 4.72. The van der Waals surface area contributed by atoms with Crippen LogP contribution in [0.3, 0.4) is 0 Å². The summed E-state index contributed by atoms with van der Waals surface area (Å²) in [5, 5.41) is 2.16. The fourth-order valence-corrected chi connectivity index (χ4v) is 2.35. The van der Waals surface area contributed by atoms with Crippen LogP contribution in [-0.2, 0) is 0 Å². The summed E-state index contributed by atoms with van der Waals surface area (Å²) < 4.78 is 5.31. The van der Waals surface area contributed by atoms with Crippen molar-refractivity contribution < 1.29 is 4.42 Å². The molecule has 0 aliphatic heterocycles. The van der Waals surface area contributed by atoms with E-state index in [1.807, 2.05) is 12.1 Å². The third-order valence-electron chi connectivity index (χ3n) is 2.89. The summed E-state index contributed by atoms with van der Waals surface area (Å²) in [5.41, 5.74) is 0.223. The second-order valence-electron chi connectivity index (χ2n) is 4.09. The van der Waals surface area contributed by atoms with Gasteiger partial charge >= 0.3 is 5.63 Å². The van der Waals surface area contributed by atoms with Crippen LogP contribution in [0.2, 0.25) is 10.0 Å². The fourth-order valence-electron chi connectivity index (χ4n) is 1.96. The lowest BCUT2D eigenvalue weighted by atomic mass is 10.1. The molecule has 0 spiro atoms. The van der Waals surface area contributed by atoms with Gasteiger partial charge in [-0.15, -0.1) is 0 Å². The molecule has 0 N–H and O–H groups in total. The third kappa shape index (κ3) is 2.14. The number of hydrogen-bond donors (Lipinski definition) is 0. The van der Waals surface area contributed by atoms with Crippen molar-refractivity contribution in [2.24, 2.45) is 0 Å². The van der Waals surface area contributed by atoms with Crippen molar-refractivity contribution in [2.45, 2.75) is 0 Å². The fraction of sp³-hybridized carbons (Fsp3) is 0. The first-order chi connectivity index (χ1) is 9.16. The van der Waals surface area contributed by atoms with Gasteiger partial charge in [0.15, 0.2) is 0 Å². The summed E-state index contributed by atoms with van der Waals surface area (Å²) in [4.78, 5) is 11.9. The highest BCUT2D eigenvalue weighted by molar-refractivity contribution is 6.43. The summed E-state index contributed by atoms with van der Waals surface area (Å²) in [6.07, 6.45) is 0. The largest absolute Gasteiger partial charge is 0.422 e. The molecule has 0 bridgehead atoms. The van der Waals surface area contributed by atoms with Crippen LogP contribution in [0.4, 0.5) is 0 Å². The summed E-state index contributed by atoms with van der Waals surface area (Å²) in [6.45, 7) is 0. The van der Waals surface area contributed by atoms with Gasteiger partial charge in [-0.3, -0.25) is 0 Å². The van der Waals surface area contributed by atoms with Crippen LogP contribution in [0, 0.1) is 0 Å². The van der Waals surface area contributed by atoms with E-state index in [1.54, 1.807) is 36.4 Å². The molecule has 1 heterocycles. The predicted octanol–water partition coefficient (Wildman–Crippen LogP) is 4.77. The molecular weight excluding hydrogens is 283 g/mol. The average Bonchev–Trinajstić information content (AvgIpc) is 2.42. The van der Waals surface area contributed by atoms with E-state index in [2.05, 4.69) is 0 Å². The van der Waals surface area contributed by atoms with Gasteiger partial charge < -0.3 is 4.42 Å². The molecule has 19 heavy (non-hydrogen) atoms. The van der Waals surface area contributed by atoms with Crippen LogP contribution in [0.5, 0.6) is 0 Å². The Kier molecular flexibility index (Phi) is 3.05. The van der Waals surface area contributed by atoms with E-state index in [0.717, 1.165) is 5.39 Å². The average molecular weight is 291 g/mol. The van der Waals surface area contributed by atoms with E-state index in [0.29, 0.717) is 26.8 Å². The zero-order chi connectivity index (χ0) is 13.4. The number of halogens is 2. The molecule has 0 aliphatic rings. The Morgan fingerprint density at radius 3 is 2.58 bits per heavy atom. The molecule has 2 nitrogen and oxygen atoms in total. The minimum atomic E-state index is -0.385. The molecular formula is C15H8Cl2O2. The van der Waals surface area contributed by atoms with Gasteiger partial charge in [-0.05, 0) is 29.7 Å². The monoisotopic (exact) mass is 290 g/mol. The van der Waals surface area contributed by atoms with Crippen LogP contribution >= 0.6 is 23.2 Å². The maximum atomic E-state index is 11.9. The SMILES string of the molecule is O=c1oc(-c2cccc(Cl)c2Cl)cc2ccccc12. The van der Waals surface area contributed by atoms with E-state index in [1.165, 1.54) is 0 Å². The Balaban J connectivity index is 2.32. The van der Waals surface area contributed by atoms with E-state index in [9.17, 15) is 4.79 Å². The number of benzene rings is 2. The Hall–Kier alpha value is -1.77. The summed E-state index contributed by atoms with van der Waals surface area (Å²) in [7, 11) is 0. The minimum absolute atomic E-state index is 0.377. The van der Waals surface area contributed by atoms with Crippen LogP contribution in [-0.4, -0.2) is 0 Å². The molecule has 0 aliphatic carbocycles. The van der Waals surface area contributed by atoms with E-state index in [-0.39, 0.29) is 5.63 Å². The van der Waals surface area contributed by atoms with E-state index >= 15 is 0 Å². The summed E-state index contributed by atoms with van der Waals surface area (Å²) in [6, 6.07) is 14.2. The minimum Gasteiger partial charge on any atom is -0.422 e. The van der Waals surface area contributed by atoms with E-state index in [4.69, 9.17) is 27.6 Å². The van der Waals surface area contributed by atoms with Gasteiger partial charge in [-0.2, -0.15) is 0 Å². The molecule has 0 amide bonds. The Morgan fingerprint density at radius 2 is 1.74 bits per heavy atom. The van der Waals surface area contributed by atoms with E-state index < -0.39 is 0 Å². The molecule has 0 fully saturated rings. The van der Waals surface area contributed by atoms with Gasteiger partial charge in [0, 0.05) is 5.56 Å². The van der Waals surface area contributed by atoms with Crippen molar-refractivity contribution >= 4 is 34.0 Å². The first kappa shape index (κ1) is 12.3. The van der Waals surface area contributed by atoms with Crippen LogP contribution in [0.1, 0.15) is 0 Å². The maximum absolute atomic E-state index is 11.9. The first-order valence-electron chi connectivity index (χ1n) is 5.64. The lowest BCUT2D eigenvalue weighted by Gasteiger charge is -2.05. The van der Waals surface area contributed by atoms with Crippen LogP contribution < -0.4 is 5.63 Å². The first-order valence-corrected chi connectivity index (χ1v) is 6.39. The number of fused-ring (bicyclic) bond motifs is 1. The lowest BCUT2D eigenvalue weighted by molar-refractivity contribution is 0.535. The number of rotatable bonds is 1. The number of hydrogen-bond acceptors (Lipinski definition) is 2. The van der Waals surface area contributed by atoms with Crippen molar-refractivity contribution in [3.8, 4) is 11.3 Å². The van der Waals surface area contributed by atoms with Crippen molar-refractivity contribution in [1.29, 1.82) is 0 Å². The summed E-state index contributed by atoms with van der Waals surface area (Å²) in [5.74, 6) is 0.413. The van der Waals surface area contributed by atoms with Crippen molar-refractivity contribution in [1.82, 2.24) is 0 Å². The quantitative estimate of drug-likeness (QED) is 0.646. The van der Waals surface area contributed by atoms with Gasteiger partial charge in [-0.25, -0.2) is 4.79 Å². The predicted molar refractivity (Wildman–Crippen MR) is 77.9 cm³/mol. The standard InChI is InChI=1S/C15H8Cl2O2/c16-12-7-3-6-11(14(12)17)13-8-9-4-1-2-5-10(9)15(18)19-13/h1-8H. The second-order valence-corrected chi connectivity index (χ2v) is 4.87. The van der Waals surface area contributed by atoms with Gasteiger partial charge in [0.25, 0.3) is 0 Å². The Morgan fingerprint density at radius 1 is 0.947 bits per heavy atom. The molecule has 94 valence electrons. The van der Waals surface area contributed by atoms with Gasteiger partial charge in [-0.1, -0.05) is 47.5 Å². The zero-order valence-electron chi connectivity index (χ0n) is 9.69. The van der Waals surface area contributed by atoms with Gasteiger partial charge in [0.05, 0.1) is 15.4 Å². The van der Waals surface area contributed by atoms with Crippen LogP contribution in [0.15, 0.2) is 57.7 Å². The normalized spacial score (nSPS) is 10.8. The topological polar surface area (TPSA) is 30.2 Å². The molecule has 0 unspecified atom stereocenters. The lowest BCUT2D eigenvalue weighted by Crippen LogP contribution is -2.00. The van der Waals surface area contributed by atoms with Crippen molar-refractivity contribution in [3.63, 3.8) is 0 Å². The molecule has 0 radical (unpaired) electrons.